The molecule has 4 heteroatoms. The van der Waals surface area contributed by atoms with Crippen LogP contribution in [0.2, 0.25) is 0 Å². The summed E-state index contributed by atoms with van der Waals surface area (Å²) in [4.78, 5) is 14.1. The van der Waals surface area contributed by atoms with E-state index in [-0.39, 0.29) is 5.91 Å². The van der Waals surface area contributed by atoms with E-state index in [9.17, 15) is 4.79 Å². The topological polar surface area (TPSA) is 52.9 Å². The summed E-state index contributed by atoms with van der Waals surface area (Å²) in [6.07, 6.45) is 0.958. The first-order chi connectivity index (χ1) is 9.63. The molecule has 0 atom stereocenters. The molecule has 0 aliphatic carbocycles. The highest BCUT2D eigenvalue weighted by molar-refractivity contribution is 7.14. The highest BCUT2D eigenvalue weighted by atomic mass is 32.1. The van der Waals surface area contributed by atoms with Crippen molar-refractivity contribution >= 4 is 17.2 Å². The highest BCUT2D eigenvalue weighted by Gasteiger charge is 2.11. The van der Waals surface area contributed by atoms with Crippen LogP contribution in [0.15, 0.2) is 30.3 Å². The third kappa shape index (κ3) is 3.25. The molecule has 0 saturated carbocycles. The molecule has 20 heavy (non-hydrogen) atoms. The minimum atomic E-state index is -0.0397. The summed E-state index contributed by atoms with van der Waals surface area (Å²) in [6, 6.07) is 11.2. The maximum Gasteiger partial charge on any atom is 0.261 e. The Morgan fingerprint density at radius 2 is 2.05 bits per heavy atom. The quantitative estimate of drug-likeness (QED) is 0.935. The fraction of sp³-hybridized carbons (Fsp3) is 0.250. The molecule has 0 fully saturated rings. The van der Waals surface area contributed by atoms with E-state index in [0.717, 1.165) is 16.9 Å². The average molecular weight is 284 g/mol. The number of nitrogens with zero attached hydrogens (tertiary/aromatic N) is 1. The van der Waals surface area contributed by atoms with Crippen molar-refractivity contribution in [2.75, 3.05) is 0 Å². The van der Waals surface area contributed by atoms with Crippen LogP contribution < -0.4 is 5.32 Å². The molecule has 1 N–H and O–H groups in total. The van der Waals surface area contributed by atoms with Gasteiger partial charge in [0.2, 0.25) is 0 Å². The van der Waals surface area contributed by atoms with Crippen LogP contribution in [0, 0.1) is 18.3 Å². The zero-order valence-electron chi connectivity index (χ0n) is 11.6. The Bertz CT molecular complexity index is 650. The number of carbonyl (C=O) groups excluding carboxylic acids is 1. The third-order valence-electron chi connectivity index (χ3n) is 3.10. The Kier molecular flexibility index (Phi) is 4.54. The van der Waals surface area contributed by atoms with Crippen molar-refractivity contribution in [3.8, 4) is 6.07 Å². The first-order valence-corrected chi connectivity index (χ1v) is 7.32. The smallest absolute Gasteiger partial charge is 0.261 e. The van der Waals surface area contributed by atoms with Crippen LogP contribution in [0.3, 0.4) is 0 Å². The van der Waals surface area contributed by atoms with Gasteiger partial charge in [-0.05, 0) is 42.7 Å². The van der Waals surface area contributed by atoms with Crippen LogP contribution in [0.25, 0.3) is 0 Å². The van der Waals surface area contributed by atoms with E-state index in [1.165, 1.54) is 10.4 Å². The van der Waals surface area contributed by atoms with Crippen LogP contribution >= 0.6 is 11.3 Å². The van der Waals surface area contributed by atoms with E-state index in [1.807, 2.05) is 25.1 Å². The number of hydrogen-bond donors (Lipinski definition) is 1. The van der Waals surface area contributed by atoms with Gasteiger partial charge in [-0.2, -0.15) is 5.26 Å². The summed E-state index contributed by atoms with van der Waals surface area (Å²) in [6.45, 7) is 4.60. The van der Waals surface area contributed by atoms with Crippen LogP contribution in [-0.4, -0.2) is 5.91 Å². The lowest BCUT2D eigenvalue weighted by Crippen LogP contribution is -2.21. The van der Waals surface area contributed by atoms with Gasteiger partial charge < -0.3 is 5.32 Å². The number of carbonyl (C=O) groups is 1. The number of nitriles is 1. The summed E-state index contributed by atoms with van der Waals surface area (Å²) in [7, 11) is 0. The zero-order valence-corrected chi connectivity index (χ0v) is 12.4. The zero-order chi connectivity index (χ0) is 14.5. The lowest BCUT2D eigenvalue weighted by Gasteiger charge is -2.03. The van der Waals surface area contributed by atoms with Crippen molar-refractivity contribution < 1.29 is 4.79 Å². The SMILES string of the molecule is CCc1sc(C(=O)NCc2ccc(C#N)cc2)cc1C. The Balaban J connectivity index is 1.99. The van der Waals surface area contributed by atoms with Gasteiger partial charge in [0.1, 0.15) is 0 Å². The van der Waals surface area contributed by atoms with E-state index < -0.39 is 0 Å². The molecule has 1 aromatic carbocycles. The second kappa shape index (κ2) is 6.36. The van der Waals surface area contributed by atoms with Gasteiger partial charge in [-0.15, -0.1) is 11.3 Å². The Morgan fingerprint density at radius 1 is 1.35 bits per heavy atom. The molecule has 0 radical (unpaired) electrons. The van der Waals surface area contributed by atoms with Gasteiger partial charge in [-0.25, -0.2) is 0 Å². The molecule has 0 spiro atoms. The van der Waals surface area contributed by atoms with Gasteiger partial charge in [-0.3, -0.25) is 4.79 Å². The van der Waals surface area contributed by atoms with Gasteiger partial charge in [0, 0.05) is 11.4 Å². The Hall–Kier alpha value is -2.12. The molecule has 0 bridgehead atoms. The predicted octanol–water partition coefficient (Wildman–Crippen LogP) is 3.42. The second-order valence-corrected chi connectivity index (χ2v) is 5.70. The molecule has 0 saturated heterocycles. The number of hydrogen-bond acceptors (Lipinski definition) is 3. The molecule has 0 aliphatic rings. The molecular formula is C16H16N2OS. The van der Waals surface area contributed by atoms with Crippen molar-refractivity contribution in [3.63, 3.8) is 0 Å². The molecular weight excluding hydrogens is 268 g/mol. The van der Waals surface area contributed by atoms with Gasteiger partial charge in [-0.1, -0.05) is 19.1 Å². The molecule has 0 aliphatic heterocycles. The van der Waals surface area contributed by atoms with E-state index in [4.69, 9.17) is 5.26 Å². The number of benzene rings is 1. The first-order valence-electron chi connectivity index (χ1n) is 6.50. The number of rotatable bonds is 4. The van der Waals surface area contributed by atoms with Gasteiger partial charge in [0.05, 0.1) is 16.5 Å². The van der Waals surface area contributed by atoms with Crippen molar-refractivity contribution in [2.24, 2.45) is 0 Å². The minimum Gasteiger partial charge on any atom is -0.347 e. The molecule has 1 heterocycles. The van der Waals surface area contributed by atoms with E-state index >= 15 is 0 Å². The minimum absolute atomic E-state index is 0.0397. The van der Waals surface area contributed by atoms with Crippen LogP contribution in [0.4, 0.5) is 0 Å². The number of aryl methyl sites for hydroxylation is 2. The highest BCUT2D eigenvalue weighted by Crippen LogP contribution is 2.22. The van der Waals surface area contributed by atoms with E-state index in [1.54, 1.807) is 23.5 Å². The van der Waals surface area contributed by atoms with Crippen LogP contribution in [-0.2, 0) is 13.0 Å². The first kappa shape index (κ1) is 14.3. The summed E-state index contributed by atoms with van der Waals surface area (Å²) < 4.78 is 0. The van der Waals surface area contributed by atoms with Gasteiger partial charge >= 0.3 is 0 Å². The third-order valence-corrected chi connectivity index (χ3v) is 4.48. The van der Waals surface area contributed by atoms with E-state index in [0.29, 0.717) is 12.1 Å². The van der Waals surface area contributed by atoms with Crippen molar-refractivity contribution in [1.29, 1.82) is 5.26 Å². The van der Waals surface area contributed by atoms with Gasteiger partial charge in [0.15, 0.2) is 0 Å². The number of amides is 1. The van der Waals surface area contributed by atoms with Crippen molar-refractivity contribution in [3.05, 3.63) is 56.8 Å². The maximum atomic E-state index is 12.1. The molecule has 1 aromatic heterocycles. The molecule has 0 unspecified atom stereocenters. The molecule has 102 valence electrons. The van der Waals surface area contributed by atoms with E-state index in [2.05, 4.69) is 18.3 Å². The Morgan fingerprint density at radius 3 is 2.60 bits per heavy atom. The largest absolute Gasteiger partial charge is 0.347 e. The molecule has 1 amide bonds. The lowest BCUT2D eigenvalue weighted by atomic mass is 10.1. The fourth-order valence-corrected chi connectivity index (χ4v) is 2.98. The molecule has 2 rings (SSSR count). The summed E-state index contributed by atoms with van der Waals surface area (Å²) in [5, 5.41) is 11.6. The fourth-order valence-electron chi connectivity index (χ4n) is 1.95. The standard InChI is InChI=1S/C16H16N2OS/c1-3-14-11(2)8-15(20-14)16(19)18-10-13-6-4-12(9-17)5-7-13/h4-8H,3,10H2,1-2H3,(H,18,19). The number of nitrogens with one attached hydrogen (secondary N) is 1. The summed E-state index contributed by atoms with van der Waals surface area (Å²) in [5.74, 6) is -0.0397. The van der Waals surface area contributed by atoms with Gasteiger partial charge in [0.25, 0.3) is 5.91 Å². The normalized spacial score (nSPS) is 10.1. The second-order valence-electron chi connectivity index (χ2n) is 4.56. The lowest BCUT2D eigenvalue weighted by molar-refractivity contribution is 0.0955. The van der Waals surface area contributed by atoms with Crippen molar-refractivity contribution in [2.45, 2.75) is 26.8 Å². The maximum absolute atomic E-state index is 12.1. The summed E-state index contributed by atoms with van der Waals surface area (Å²) >= 11 is 1.55. The number of thiophene rings is 1. The Labute approximate surface area is 122 Å². The van der Waals surface area contributed by atoms with Crippen LogP contribution in [0.5, 0.6) is 0 Å². The molecule has 2 aromatic rings. The van der Waals surface area contributed by atoms with Crippen LogP contribution in [0.1, 0.15) is 38.2 Å². The average Bonchev–Trinajstić information content (AvgIpc) is 2.86. The molecule has 3 nitrogen and oxygen atoms in total. The summed E-state index contributed by atoms with van der Waals surface area (Å²) in [5.41, 5.74) is 2.80. The van der Waals surface area contributed by atoms with Crippen molar-refractivity contribution in [1.82, 2.24) is 5.32 Å². The monoisotopic (exact) mass is 284 g/mol. The predicted molar refractivity (Wildman–Crippen MR) is 80.8 cm³/mol.